The van der Waals surface area contributed by atoms with Crippen LogP contribution in [0.2, 0.25) is 0 Å². The molecule has 9 heteroatoms. The van der Waals surface area contributed by atoms with Gasteiger partial charge in [0.2, 0.25) is 0 Å². The summed E-state index contributed by atoms with van der Waals surface area (Å²) in [7, 11) is 0. The Labute approximate surface area is 188 Å². The Balaban J connectivity index is 2.07. The van der Waals surface area contributed by atoms with E-state index in [9.17, 15) is 19.5 Å². The number of anilines is 1. The summed E-state index contributed by atoms with van der Waals surface area (Å²) in [5.41, 5.74) is 1.42. The molecule has 0 heterocycles. The third-order valence-corrected chi connectivity index (χ3v) is 4.88. The molecule has 0 spiro atoms. The predicted molar refractivity (Wildman–Crippen MR) is 119 cm³/mol. The zero-order valence-corrected chi connectivity index (χ0v) is 18.7. The largest absolute Gasteiger partial charge is 0.508 e. The minimum Gasteiger partial charge on any atom is -0.508 e. The highest BCUT2D eigenvalue weighted by molar-refractivity contribution is 9.10. The highest BCUT2D eigenvalue weighted by atomic mass is 79.9. The van der Waals surface area contributed by atoms with Gasteiger partial charge in [0.05, 0.1) is 12.4 Å². The number of esters is 1. The quantitative estimate of drug-likeness (QED) is 0.198. The smallest absolute Gasteiger partial charge is 0.412 e. The molecule has 0 fully saturated rings. The molecule has 2 aromatic rings. The van der Waals surface area contributed by atoms with Crippen molar-refractivity contribution >= 4 is 52.1 Å². The van der Waals surface area contributed by atoms with Crippen molar-refractivity contribution in [1.29, 1.82) is 0 Å². The van der Waals surface area contributed by atoms with E-state index >= 15 is 0 Å². The van der Waals surface area contributed by atoms with Gasteiger partial charge >= 0.3 is 12.1 Å². The van der Waals surface area contributed by atoms with Gasteiger partial charge in [0.15, 0.2) is 5.78 Å². The number of amides is 1. The molecule has 2 N–H and O–H groups in total. The first-order valence-electron chi connectivity index (χ1n) is 9.13. The van der Waals surface area contributed by atoms with E-state index in [1.54, 1.807) is 36.4 Å². The van der Waals surface area contributed by atoms with Crippen molar-refractivity contribution in [1.82, 2.24) is 0 Å². The summed E-state index contributed by atoms with van der Waals surface area (Å²) in [5.74, 6) is -0.549. The summed E-state index contributed by atoms with van der Waals surface area (Å²) in [6, 6.07) is 11.2. The highest BCUT2D eigenvalue weighted by Crippen LogP contribution is 2.33. The SMILES string of the molecule is CC(=O)c1ccc(NC(=O)O[C@@H](CCCOC(=O)CS)c2cc(Br)ccc2O)cc1. The first kappa shape index (κ1) is 23.8. The van der Waals surface area contributed by atoms with Crippen molar-refractivity contribution in [2.75, 3.05) is 17.7 Å². The van der Waals surface area contributed by atoms with E-state index in [-0.39, 0.29) is 23.9 Å². The third-order valence-electron chi connectivity index (χ3n) is 4.13. The number of benzene rings is 2. The van der Waals surface area contributed by atoms with Crippen molar-refractivity contribution in [3.05, 3.63) is 58.1 Å². The first-order valence-corrected chi connectivity index (χ1v) is 10.6. The van der Waals surface area contributed by atoms with Crippen LogP contribution in [-0.2, 0) is 14.3 Å². The predicted octanol–water partition coefficient (Wildman–Crippen LogP) is 4.90. The molecule has 2 aromatic carbocycles. The van der Waals surface area contributed by atoms with Gasteiger partial charge in [-0.05, 0) is 62.2 Å². The number of Topliss-reactive ketones (excluding diaryl/α,β-unsaturated/α-hetero) is 1. The topological polar surface area (TPSA) is 102 Å². The Kier molecular flexibility index (Phi) is 9.19. The molecular formula is C21H22BrNO6S. The Bertz CT molecular complexity index is 903. The van der Waals surface area contributed by atoms with Gasteiger partial charge in [0.1, 0.15) is 11.9 Å². The molecule has 0 aromatic heterocycles. The van der Waals surface area contributed by atoms with E-state index in [2.05, 4.69) is 33.9 Å². The summed E-state index contributed by atoms with van der Waals surface area (Å²) in [4.78, 5) is 35.0. The van der Waals surface area contributed by atoms with Crippen LogP contribution < -0.4 is 5.32 Å². The maximum Gasteiger partial charge on any atom is 0.412 e. The normalized spacial score (nSPS) is 11.4. The molecule has 0 aliphatic rings. The lowest BCUT2D eigenvalue weighted by molar-refractivity contribution is -0.140. The number of ketones is 1. The van der Waals surface area contributed by atoms with E-state index in [1.165, 1.54) is 13.0 Å². The Morgan fingerprint density at radius 3 is 2.50 bits per heavy atom. The second kappa shape index (κ2) is 11.6. The fourth-order valence-corrected chi connectivity index (χ4v) is 3.10. The summed E-state index contributed by atoms with van der Waals surface area (Å²) < 4.78 is 11.2. The van der Waals surface area contributed by atoms with Crippen LogP contribution in [0.4, 0.5) is 10.5 Å². The lowest BCUT2D eigenvalue weighted by atomic mass is 10.0. The molecule has 0 bridgehead atoms. The van der Waals surface area contributed by atoms with Crippen LogP contribution >= 0.6 is 28.6 Å². The van der Waals surface area contributed by atoms with E-state index in [0.717, 1.165) is 0 Å². The maximum absolute atomic E-state index is 12.4. The van der Waals surface area contributed by atoms with E-state index in [0.29, 0.717) is 34.1 Å². The molecule has 160 valence electrons. The average Bonchev–Trinajstić information content (AvgIpc) is 2.72. The molecular weight excluding hydrogens is 474 g/mol. The second-order valence-electron chi connectivity index (χ2n) is 6.38. The van der Waals surface area contributed by atoms with Crippen LogP contribution in [0.15, 0.2) is 46.9 Å². The van der Waals surface area contributed by atoms with E-state index in [1.807, 2.05) is 0 Å². The minimum atomic E-state index is -0.770. The van der Waals surface area contributed by atoms with Crippen LogP contribution in [-0.4, -0.2) is 35.3 Å². The minimum absolute atomic E-state index is 0.0167. The van der Waals surface area contributed by atoms with Gasteiger partial charge in [-0.1, -0.05) is 15.9 Å². The number of halogens is 1. The van der Waals surface area contributed by atoms with Crippen molar-refractivity contribution in [3.8, 4) is 5.75 Å². The summed E-state index contributed by atoms with van der Waals surface area (Å²) in [5, 5.41) is 12.8. The van der Waals surface area contributed by atoms with Gasteiger partial charge < -0.3 is 14.6 Å². The average molecular weight is 496 g/mol. The van der Waals surface area contributed by atoms with Gasteiger partial charge in [-0.15, -0.1) is 0 Å². The van der Waals surface area contributed by atoms with Crippen molar-refractivity contribution in [2.45, 2.75) is 25.9 Å². The van der Waals surface area contributed by atoms with Gasteiger partial charge in [0.25, 0.3) is 0 Å². The molecule has 30 heavy (non-hydrogen) atoms. The zero-order valence-electron chi connectivity index (χ0n) is 16.3. The number of aromatic hydroxyl groups is 1. The Morgan fingerprint density at radius 2 is 1.87 bits per heavy atom. The number of hydrogen-bond donors (Lipinski definition) is 3. The number of phenolic OH excluding ortho intramolecular Hbond substituents is 1. The highest BCUT2D eigenvalue weighted by Gasteiger charge is 2.21. The second-order valence-corrected chi connectivity index (χ2v) is 7.61. The van der Waals surface area contributed by atoms with Gasteiger partial charge in [-0.3, -0.25) is 14.9 Å². The third kappa shape index (κ3) is 7.38. The molecule has 0 aliphatic carbocycles. The van der Waals surface area contributed by atoms with Crippen LogP contribution in [0.25, 0.3) is 0 Å². The van der Waals surface area contributed by atoms with Crippen LogP contribution in [0.5, 0.6) is 5.75 Å². The van der Waals surface area contributed by atoms with Gasteiger partial charge in [0, 0.05) is 21.3 Å². The number of phenols is 1. The maximum atomic E-state index is 12.4. The Morgan fingerprint density at radius 1 is 1.17 bits per heavy atom. The fourth-order valence-electron chi connectivity index (χ4n) is 2.63. The number of rotatable bonds is 9. The lowest BCUT2D eigenvalue weighted by Crippen LogP contribution is -2.18. The van der Waals surface area contributed by atoms with Crippen LogP contribution in [0, 0.1) is 0 Å². The van der Waals surface area contributed by atoms with Crippen molar-refractivity contribution in [2.24, 2.45) is 0 Å². The molecule has 0 saturated carbocycles. The number of thiol groups is 1. The fraction of sp³-hybridized carbons (Fsp3) is 0.286. The van der Waals surface area contributed by atoms with Crippen LogP contribution in [0.1, 0.15) is 41.8 Å². The lowest BCUT2D eigenvalue weighted by Gasteiger charge is -2.20. The molecule has 1 amide bonds. The van der Waals surface area contributed by atoms with Gasteiger partial charge in [-0.25, -0.2) is 4.79 Å². The first-order chi connectivity index (χ1) is 14.3. The molecule has 1 atom stereocenters. The number of nitrogens with one attached hydrogen (secondary N) is 1. The summed E-state index contributed by atoms with van der Waals surface area (Å²) >= 11 is 7.18. The number of carbonyl (C=O) groups is 3. The van der Waals surface area contributed by atoms with Crippen molar-refractivity contribution in [3.63, 3.8) is 0 Å². The molecule has 0 saturated heterocycles. The number of ether oxygens (including phenoxy) is 2. The zero-order chi connectivity index (χ0) is 22.1. The van der Waals surface area contributed by atoms with Crippen molar-refractivity contribution < 1.29 is 29.0 Å². The molecule has 0 aliphatic heterocycles. The molecule has 2 rings (SSSR count). The van der Waals surface area contributed by atoms with Gasteiger partial charge in [-0.2, -0.15) is 12.6 Å². The number of carbonyl (C=O) groups excluding carboxylic acids is 3. The standard InChI is InChI=1S/C21H22BrNO6S/c1-13(24)14-4-7-16(8-5-14)23-21(27)29-19(3-2-10-28-20(26)12-30)17-11-15(22)6-9-18(17)25/h4-9,11,19,25,30H,2-3,10,12H2,1H3,(H,23,27)/t19-/m0/s1. The summed E-state index contributed by atoms with van der Waals surface area (Å²) in [6.45, 7) is 1.60. The van der Waals surface area contributed by atoms with Crippen LogP contribution in [0.3, 0.4) is 0 Å². The number of hydrogen-bond acceptors (Lipinski definition) is 7. The van der Waals surface area contributed by atoms with E-state index in [4.69, 9.17) is 9.47 Å². The molecule has 0 radical (unpaired) electrons. The van der Waals surface area contributed by atoms with E-state index < -0.39 is 18.2 Å². The summed E-state index contributed by atoms with van der Waals surface area (Å²) in [6.07, 6.45) is -0.756. The monoisotopic (exact) mass is 495 g/mol. The Hall–Kier alpha value is -2.52. The molecule has 7 nitrogen and oxygen atoms in total. The molecule has 0 unspecified atom stereocenters.